The number of aromatic nitrogens is 2. The van der Waals surface area contributed by atoms with Crippen molar-refractivity contribution in [1.29, 1.82) is 0 Å². The van der Waals surface area contributed by atoms with Crippen LogP contribution in [0.1, 0.15) is 15.9 Å². The van der Waals surface area contributed by atoms with Crippen molar-refractivity contribution in [2.75, 3.05) is 16.5 Å². The fourth-order valence-corrected chi connectivity index (χ4v) is 2.16. The van der Waals surface area contributed by atoms with Crippen LogP contribution in [0.3, 0.4) is 0 Å². The van der Waals surface area contributed by atoms with Crippen LogP contribution in [0.5, 0.6) is 0 Å². The maximum Gasteiger partial charge on any atom is 0.269 e. The normalized spacial score (nSPS) is 10.2. The summed E-state index contributed by atoms with van der Waals surface area (Å²) in [6.45, 7) is 1.99. The van der Waals surface area contributed by atoms with Gasteiger partial charge in [-0.25, -0.2) is 14.4 Å². The van der Waals surface area contributed by atoms with E-state index in [1.54, 1.807) is 0 Å². The summed E-state index contributed by atoms with van der Waals surface area (Å²) in [5.74, 6) is -0.218. The predicted molar refractivity (Wildman–Crippen MR) is 98.4 cm³/mol. The predicted octanol–water partition coefficient (Wildman–Crippen LogP) is 3.01. The molecule has 0 saturated carbocycles. The molecule has 0 atom stereocenters. The highest BCUT2D eigenvalue weighted by Gasteiger charge is 2.10. The molecule has 0 fully saturated rings. The Hall–Kier alpha value is -3.68. The number of amides is 1. The van der Waals surface area contributed by atoms with Crippen LogP contribution in [0.25, 0.3) is 0 Å². The van der Waals surface area contributed by atoms with E-state index in [1.807, 2.05) is 31.2 Å². The van der Waals surface area contributed by atoms with E-state index >= 15 is 0 Å². The van der Waals surface area contributed by atoms with Gasteiger partial charge in [0.15, 0.2) is 11.6 Å². The highest BCUT2D eigenvalue weighted by Crippen LogP contribution is 2.25. The van der Waals surface area contributed by atoms with Crippen molar-refractivity contribution < 1.29 is 9.18 Å². The first-order valence-electron chi connectivity index (χ1n) is 7.79. The average Bonchev–Trinajstić information content (AvgIpc) is 2.64. The fourth-order valence-electron chi connectivity index (χ4n) is 2.16. The van der Waals surface area contributed by atoms with E-state index in [1.165, 1.54) is 30.6 Å². The molecule has 8 heteroatoms. The van der Waals surface area contributed by atoms with Gasteiger partial charge < -0.3 is 11.1 Å². The average molecular weight is 352 g/mol. The van der Waals surface area contributed by atoms with Crippen molar-refractivity contribution in [2.24, 2.45) is 0 Å². The van der Waals surface area contributed by atoms with Gasteiger partial charge in [-0.05, 0) is 43.3 Å². The third kappa shape index (κ3) is 4.04. The number of nitrogen functional groups attached to an aromatic ring is 1. The second-order valence-corrected chi connectivity index (χ2v) is 5.56. The molecule has 3 aromatic rings. The van der Waals surface area contributed by atoms with Gasteiger partial charge in [-0.2, -0.15) is 0 Å². The van der Waals surface area contributed by atoms with Gasteiger partial charge in [-0.15, -0.1) is 0 Å². The Bertz CT molecular complexity index is 912. The Morgan fingerprint density at radius 3 is 2.35 bits per heavy atom. The molecule has 0 aliphatic heterocycles. The lowest BCUT2D eigenvalue weighted by Crippen LogP contribution is -2.30. The van der Waals surface area contributed by atoms with Crippen LogP contribution in [0.2, 0.25) is 0 Å². The third-order valence-electron chi connectivity index (χ3n) is 3.60. The third-order valence-corrected chi connectivity index (χ3v) is 3.60. The molecule has 0 spiro atoms. The van der Waals surface area contributed by atoms with Gasteiger partial charge in [-0.1, -0.05) is 17.7 Å². The van der Waals surface area contributed by atoms with Gasteiger partial charge in [-0.3, -0.25) is 15.6 Å². The van der Waals surface area contributed by atoms with Gasteiger partial charge in [0.1, 0.15) is 17.8 Å². The highest BCUT2D eigenvalue weighted by molar-refractivity contribution is 5.95. The number of hydrogen-bond donors (Lipinski definition) is 4. The Labute approximate surface area is 149 Å². The van der Waals surface area contributed by atoms with Crippen LogP contribution < -0.4 is 21.9 Å². The molecule has 26 heavy (non-hydrogen) atoms. The molecule has 132 valence electrons. The van der Waals surface area contributed by atoms with E-state index in [2.05, 4.69) is 26.1 Å². The van der Waals surface area contributed by atoms with Crippen molar-refractivity contribution in [3.63, 3.8) is 0 Å². The van der Waals surface area contributed by atoms with Crippen LogP contribution in [0.4, 0.5) is 27.4 Å². The molecule has 3 rings (SSSR count). The Morgan fingerprint density at radius 2 is 1.65 bits per heavy atom. The maximum absolute atomic E-state index is 12.9. The molecular weight excluding hydrogens is 335 g/mol. The van der Waals surface area contributed by atoms with Crippen LogP contribution >= 0.6 is 0 Å². The molecule has 2 aromatic carbocycles. The van der Waals surface area contributed by atoms with Gasteiger partial charge in [0.05, 0.1) is 0 Å². The number of benzene rings is 2. The van der Waals surface area contributed by atoms with Crippen LogP contribution in [-0.4, -0.2) is 15.9 Å². The molecule has 1 amide bonds. The lowest BCUT2D eigenvalue weighted by molar-refractivity contribution is 0.0962. The first-order valence-corrected chi connectivity index (χ1v) is 7.79. The number of rotatable bonds is 5. The summed E-state index contributed by atoms with van der Waals surface area (Å²) in [6, 6.07) is 12.9. The van der Waals surface area contributed by atoms with Crippen molar-refractivity contribution >= 4 is 28.9 Å². The first kappa shape index (κ1) is 17.2. The number of aryl methyl sites for hydroxylation is 1. The molecule has 0 aliphatic carbocycles. The lowest BCUT2D eigenvalue weighted by Gasteiger charge is -2.13. The molecule has 1 heterocycles. The minimum atomic E-state index is -0.448. The molecule has 0 saturated heterocycles. The van der Waals surface area contributed by atoms with Gasteiger partial charge in [0, 0.05) is 11.3 Å². The largest absolute Gasteiger partial charge is 0.393 e. The molecule has 0 radical (unpaired) electrons. The number of hydrazine groups is 1. The van der Waals surface area contributed by atoms with E-state index in [0.717, 1.165) is 11.3 Å². The fraction of sp³-hybridized carbons (Fsp3) is 0.0556. The van der Waals surface area contributed by atoms with Crippen molar-refractivity contribution in [2.45, 2.75) is 6.92 Å². The summed E-state index contributed by atoms with van der Waals surface area (Å²) in [5, 5.41) is 3.09. The minimum Gasteiger partial charge on any atom is -0.393 e. The first-order chi connectivity index (χ1) is 12.5. The molecule has 7 nitrogen and oxygen atoms in total. The molecular formula is C18H17FN6O. The van der Waals surface area contributed by atoms with Crippen molar-refractivity contribution in [3.8, 4) is 0 Å². The molecule has 0 bridgehead atoms. The maximum atomic E-state index is 12.9. The summed E-state index contributed by atoms with van der Waals surface area (Å²) in [5.41, 5.74) is 13.7. The molecule has 1 aromatic heterocycles. The monoisotopic (exact) mass is 352 g/mol. The zero-order valence-electron chi connectivity index (χ0n) is 14.0. The van der Waals surface area contributed by atoms with E-state index < -0.39 is 11.7 Å². The molecule has 5 N–H and O–H groups in total. The SMILES string of the molecule is Cc1ccc(Nc2ncnc(NNC(=O)c3ccc(F)cc3)c2N)cc1. The van der Waals surface area contributed by atoms with E-state index in [-0.39, 0.29) is 11.5 Å². The second kappa shape index (κ2) is 7.47. The standard InChI is InChI=1S/C18H17FN6O/c1-11-2-8-14(9-3-11)23-16-15(20)17(22-10-21-16)24-25-18(26)12-4-6-13(19)7-5-12/h2-10H,20H2,1H3,(H,25,26)(H2,21,22,23,24). The number of nitrogens with two attached hydrogens (primary N) is 1. The number of carbonyl (C=O) groups is 1. The summed E-state index contributed by atoms with van der Waals surface area (Å²) in [6.07, 6.45) is 1.32. The van der Waals surface area contributed by atoms with E-state index in [0.29, 0.717) is 11.4 Å². The second-order valence-electron chi connectivity index (χ2n) is 5.56. The van der Waals surface area contributed by atoms with Crippen LogP contribution in [0, 0.1) is 12.7 Å². The van der Waals surface area contributed by atoms with Crippen LogP contribution in [-0.2, 0) is 0 Å². The summed E-state index contributed by atoms with van der Waals surface area (Å²) >= 11 is 0. The summed E-state index contributed by atoms with van der Waals surface area (Å²) in [4.78, 5) is 20.2. The Balaban J connectivity index is 1.69. The number of nitrogens with one attached hydrogen (secondary N) is 3. The zero-order chi connectivity index (χ0) is 18.5. The Kier molecular flexibility index (Phi) is 4.93. The summed E-state index contributed by atoms with van der Waals surface area (Å²) < 4.78 is 12.9. The quantitative estimate of drug-likeness (QED) is 0.526. The summed E-state index contributed by atoms with van der Waals surface area (Å²) in [7, 11) is 0. The number of nitrogens with zero attached hydrogens (tertiary/aromatic N) is 2. The van der Waals surface area contributed by atoms with Crippen LogP contribution in [0.15, 0.2) is 54.9 Å². The van der Waals surface area contributed by atoms with Gasteiger partial charge in [0.2, 0.25) is 0 Å². The smallest absolute Gasteiger partial charge is 0.269 e. The van der Waals surface area contributed by atoms with Gasteiger partial charge >= 0.3 is 0 Å². The van der Waals surface area contributed by atoms with E-state index in [4.69, 9.17) is 5.73 Å². The Morgan fingerprint density at radius 1 is 1.00 bits per heavy atom. The number of anilines is 4. The highest BCUT2D eigenvalue weighted by atomic mass is 19.1. The topological polar surface area (TPSA) is 105 Å². The number of halogens is 1. The lowest BCUT2D eigenvalue weighted by atomic mass is 10.2. The molecule has 0 aliphatic rings. The number of carbonyl (C=O) groups excluding carboxylic acids is 1. The van der Waals surface area contributed by atoms with E-state index in [9.17, 15) is 9.18 Å². The minimum absolute atomic E-state index is 0.241. The van der Waals surface area contributed by atoms with Gasteiger partial charge in [0.25, 0.3) is 5.91 Å². The van der Waals surface area contributed by atoms with Crippen molar-refractivity contribution in [1.82, 2.24) is 15.4 Å². The number of hydrogen-bond acceptors (Lipinski definition) is 6. The van der Waals surface area contributed by atoms with Crippen molar-refractivity contribution in [3.05, 3.63) is 71.8 Å². The zero-order valence-corrected chi connectivity index (χ0v) is 14.0. The molecule has 0 unspecified atom stereocenters.